The highest BCUT2D eigenvalue weighted by molar-refractivity contribution is 5.94. The number of ether oxygens (including phenoxy) is 4. The molecule has 3 aromatic rings. The normalized spacial score (nSPS) is 13.4. The Labute approximate surface area is 211 Å². The van der Waals surface area contributed by atoms with Crippen molar-refractivity contribution >= 4 is 11.9 Å². The van der Waals surface area contributed by atoms with Gasteiger partial charge in [0.2, 0.25) is 0 Å². The van der Waals surface area contributed by atoms with Crippen LogP contribution in [0, 0.1) is 0 Å². The van der Waals surface area contributed by atoms with E-state index in [1.165, 1.54) is 12.7 Å². The SMILES string of the molecule is COC(=O)CC(c1ccc(OC)c(OC)c1)c1cccc2c1CCN(C(=O)c1ccc(OC)cc1)C2. The molecular weight excluding hydrogens is 458 g/mol. The molecule has 0 aromatic heterocycles. The van der Waals surface area contributed by atoms with Gasteiger partial charge in [-0.25, -0.2) is 0 Å². The van der Waals surface area contributed by atoms with Crippen LogP contribution in [0.5, 0.6) is 17.2 Å². The van der Waals surface area contributed by atoms with Crippen LogP contribution in [0.3, 0.4) is 0 Å². The summed E-state index contributed by atoms with van der Waals surface area (Å²) in [7, 11) is 6.19. The molecule has 0 saturated carbocycles. The first kappa shape index (κ1) is 25.1. The highest BCUT2D eigenvalue weighted by Crippen LogP contribution is 2.38. The highest BCUT2D eigenvalue weighted by Gasteiger charge is 2.28. The number of fused-ring (bicyclic) bond motifs is 1. The average molecular weight is 490 g/mol. The maximum absolute atomic E-state index is 13.2. The maximum Gasteiger partial charge on any atom is 0.306 e. The summed E-state index contributed by atoms with van der Waals surface area (Å²) in [6, 6.07) is 19.0. The summed E-state index contributed by atoms with van der Waals surface area (Å²) in [5.41, 5.74) is 4.87. The lowest BCUT2D eigenvalue weighted by Gasteiger charge is -2.32. The van der Waals surface area contributed by atoms with Crippen molar-refractivity contribution < 1.29 is 28.5 Å². The van der Waals surface area contributed by atoms with E-state index in [4.69, 9.17) is 18.9 Å². The van der Waals surface area contributed by atoms with Gasteiger partial charge >= 0.3 is 5.97 Å². The number of amides is 1. The third kappa shape index (κ3) is 5.15. The second kappa shape index (κ2) is 11.2. The maximum atomic E-state index is 13.2. The molecule has 3 aromatic carbocycles. The number of carbonyl (C=O) groups excluding carboxylic acids is 2. The zero-order chi connectivity index (χ0) is 25.7. The Kier molecular flexibility index (Phi) is 7.78. The number of hydrogen-bond donors (Lipinski definition) is 0. The van der Waals surface area contributed by atoms with Gasteiger partial charge in [-0.1, -0.05) is 24.3 Å². The lowest BCUT2D eigenvalue weighted by Crippen LogP contribution is -2.36. The van der Waals surface area contributed by atoms with Crippen molar-refractivity contribution in [1.29, 1.82) is 0 Å². The number of methoxy groups -OCH3 is 4. The second-order valence-corrected chi connectivity index (χ2v) is 8.64. The van der Waals surface area contributed by atoms with Gasteiger partial charge < -0.3 is 23.8 Å². The number of nitrogens with zero attached hydrogens (tertiary/aromatic N) is 1. The van der Waals surface area contributed by atoms with Crippen molar-refractivity contribution in [2.75, 3.05) is 35.0 Å². The van der Waals surface area contributed by atoms with Gasteiger partial charge in [-0.15, -0.1) is 0 Å². The molecule has 7 heteroatoms. The number of benzene rings is 3. The summed E-state index contributed by atoms with van der Waals surface area (Å²) in [5.74, 6) is 1.41. The molecule has 0 bridgehead atoms. The molecule has 1 amide bonds. The van der Waals surface area contributed by atoms with Gasteiger partial charge in [0.25, 0.3) is 5.91 Å². The standard InChI is InChI=1S/C29H31NO6/c1-33-22-11-8-19(9-12-22)29(32)30-15-14-23-21(18-30)6-5-7-24(23)25(17-28(31)36-4)20-10-13-26(34-2)27(16-20)35-3/h5-13,16,25H,14-15,17-18H2,1-4H3. The molecule has 1 unspecified atom stereocenters. The molecule has 0 saturated heterocycles. The molecule has 0 fully saturated rings. The fourth-order valence-corrected chi connectivity index (χ4v) is 4.78. The van der Waals surface area contributed by atoms with Gasteiger partial charge in [-0.2, -0.15) is 0 Å². The highest BCUT2D eigenvalue weighted by atomic mass is 16.5. The molecule has 0 N–H and O–H groups in total. The first-order valence-corrected chi connectivity index (χ1v) is 11.8. The summed E-state index contributed by atoms with van der Waals surface area (Å²) in [6.45, 7) is 1.09. The second-order valence-electron chi connectivity index (χ2n) is 8.64. The van der Waals surface area contributed by atoms with Crippen LogP contribution in [0.1, 0.15) is 45.0 Å². The van der Waals surface area contributed by atoms with Gasteiger partial charge in [0.15, 0.2) is 11.5 Å². The molecule has 1 aliphatic heterocycles. The number of esters is 1. The van der Waals surface area contributed by atoms with Crippen LogP contribution in [0.4, 0.5) is 0 Å². The summed E-state index contributed by atoms with van der Waals surface area (Å²) < 4.78 is 21.1. The smallest absolute Gasteiger partial charge is 0.306 e. The molecule has 0 spiro atoms. The van der Waals surface area contributed by atoms with Gasteiger partial charge in [-0.05, 0) is 65.1 Å². The van der Waals surface area contributed by atoms with Gasteiger partial charge in [-0.3, -0.25) is 9.59 Å². The Hall–Kier alpha value is -4.00. The first-order valence-electron chi connectivity index (χ1n) is 11.8. The van der Waals surface area contributed by atoms with Crippen LogP contribution >= 0.6 is 0 Å². The van der Waals surface area contributed by atoms with Gasteiger partial charge in [0.05, 0.1) is 34.9 Å². The molecule has 1 atom stereocenters. The van der Waals surface area contributed by atoms with Crippen LogP contribution in [-0.4, -0.2) is 51.8 Å². The first-order chi connectivity index (χ1) is 17.5. The van der Waals surface area contributed by atoms with Crippen LogP contribution < -0.4 is 14.2 Å². The quantitative estimate of drug-likeness (QED) is 0.431. The van der Waals surface area contributed by atoms with Crippen LogP contribution in [0.2, 0.25) is 0 Å². The van der Waals surface area contributed by atoms with Crippen molar-refractivity contribution in [2.24, 2.45) is 0 Å². The Balaban J connectivity index is 1.66. The molecule has 0 aliphatic carbocycles. The lowest BCUT2D eigenvalue weighted by atomic mass is 9.82. The Morgan fingerprint density at radius 2 is 1.64 bits per heavy atom. The third-order valence-electron chi connectivity index (χ3n) is 6.71. The largest absolute Gasteiger partial charge is 0.497 e. The fraction of sp³-hybridized carbons (Fsp3) is 0.310. The fourth-order valence-electron chi connectivity index (χ4n) is 4.78. The predicted molar refractivity (Wildman–Crippen MR) is 136 cm³/mol. The minimum absolute atomic E-state index is 0.0142. The van der Waals surface area contributed by atoms with Gasteiger partial charge in [0.1, 0.15) is 5.75 Å². The summed E-state index contributed by atoms with van der Waals surface area (Å²) >= 11 is 0. The molecule has 1 heterocycles. The van der Waals surface area contributed by atoms with E-state index < -0.39 is 0 Å². The van der Waals surface area contributed by atoms with E-state index in [1.54, 1.807) is 45.6 Å². The number of rotatable bonds is 8. The minimum atomic E-state index is -0.292. The van der Waals surface area contributed by atoms with E-state index in [2.05, 4.69) is 12.1 Å². The Morgan fingerprint density at radius 1 is 0.889 bits per heavy atom. The molecular formula is C29H31NO6. The Morgan fingerprint density at radius 3 is 2.31 bits per heavy atom. The zero-order valence-corrected chi connectivity index (χ0v) is 21.1. The van der Waals surface area contributed by atoms with E-state index in [0.717, 1.165) is 16.7 Å². The lowest BCUT2D eigenvalue weighted by molar-refractivity contribution is -0.140. The summed E-state index contributed by atoms with van der Waals surface area (Å²) in [6.07, 6.45) is 0.884. The van der Waals surface area contributed by atoms with Crippen LogP contribution in [0.15, 0.2) is 60.7 Å². The van der Waals surface area contributed by atoms with Crippen molar-refractivity contribution in [3.05, 3.63) is 88.5 Å². The van der Waals surface area contributed by atoms with Crippen LogP contribution in [-0.2, 0) is 22.5 Å². The molecule has 4 rings (SSSR count). The van der Waals surface area contributed by atoms with Crippen molar-refractivity contribution in [3.8, 4) is 17.2 Å². The Bertz CT molecular complexity index is 1240. The van der Waals surface area contributed by atoms with E-state index >= 15 is 0 Å². The average Bonchev–Trinajstić information content (AvgIpc) is 2.94. The zero-order valence-electron chi connectivity index (χ0n) is 21.1. The summed E-state index contributed by atoms with van der Waals surface area (Å²) in [4.78, 5) is 27.4. The van der Waals surface area contributed by atoms with E-state index in [-0.39, 0.29) is 24.2 Å². The van der Waals surface area contributed by atoms with E-state index in [1.807, 2.05) is 29.2 Å². The monoisotopic (exact) mass is 489 g/mol. The van der Waals surface area contributed by atoms with Crippen LogP contribution in [0.25, 0.3) is 0 Å². The topological polar surface area (TPSA) is 74.3 Å². The van der Waals surface area contributed by atoms with Crippen molar-refractivity contribution in [2.45, 2.75) is 25.3 Å². The molecule has 7 nitrogen and oxygen atoms in total. The third-order valence-corrected chi connectivity index (χ3v) is 6.71. The molecule has 36 heavy (non-hydrogen) atoms. The van der Waals surface area contributed by atoms with Gasteiger partial charge in [0, 0.05) is 24.6 Å². The number of hydrogen-bond acceptors (Lipinski definition) is 6. The summed E-state index contributed by atoms with van der Waals surface area (Å²) in [5, 5.41) is 0. The number of carbonyl (C=O) groups is 2. The van der Waals surface area contributed by atoms with E-state index in [9.17, 15) is 9.59 Å². The van der Waals surface area contributed by atoms with Crippen molar-refractivity contribution in [1.82, 2.24) is 4.90 Å². The van der Waals surface area contributed by atoms with Crippen molar-refractivity contribution in [3.63, 3.8) is 0 Å². The minimum Gasteiger partial charge on any atom is -0.497 e. The predicted octanol–water partition coefficient (Wildman–Crippen LogP) is 4.61. The molecule has 1 aliphatic rings. The van der Waals surface area contributed by atoms with E-state index in [0.29, 0.717) is 42.3 Å². The molecule has 188 valence electrons. The molecule has 0 radical (unpaired) electrons.